The Labute approximate surface area is 149 Å². The second-order valence-corrected chi connectivity index (χ2v) is 5.86. The molecule has 1 aromatic heterocycles. The Hall–Kier alpha value is -2.86. The number of H-pyrrole nitrogens is 1. The molecule has 3 aromatic rings. The molecule has 0 bridgehead atoms. The summed E-state index contributed by atoms with van der Waals surface area (Å²) in [5.41, 5.74) is 10.8. The molecule has 0 unspecified atom stereocenters. The molecule has 0 spiro atoms. The second-order valence-electron chi connectivity index (χ2n) is 5.42. The molecule has 5 nitrogen and oxygen atoms in total. The minimum absolute atomic E-state index is 0.219. The molecule has 0 amide bonds. The minimum Gasteiger partial charge on any atom is -0.369 e. The number of nitrogens with zero attached hydrogens (tertiary/aromatic N) is 2. The van der Waals surface area contributed by atoms with E-state index in [1.165, 1.54) is 6.07 Å². The van der Waals surface area contributed by atoms with Gasteiger partial charge in [-0.2, -0.15) is 5.10 Å². The van der Waals surface area contributed by atoms with E-state index in [0.29, 0.717) is 17.1 Å². The normalized spacial score (nSPS) is 12.2. The van der Waals surface area contributed by atoms with Crippen molar-refractivity contribution in [2.45, 2.75) is 6.42 Å². The van der Waals surface area contributed by atoms with Gasteiger partial charge in [0, 0.05) is 28.7 Å². The molecule has 128 valence electrons. The minimum atomic E-state index is -0.298. The van der Waals surface area contributed by atoms with Gasteiger partial charge in [0.2, 0.25) is 5.96 Å². The summed E-state index contributed by atoms with van der Waals surface area (Å²) in [4.78, 5) is 7.09. The third-order valence-corrected chi connectivity index (χ3v) is 3.93. The largest absolute Gasteiger partial charge is 0.369 e. The fraction of sp³-hybridized carbons (Fsp3) is 0.111. The molecule has 0 aliphatic heterocycles. The van der Waals surface area contributed by atoms with Gasteiger partial charge in [-0.1, -0.05) is 35.9 Å². The van der Waals surface area contributed by atoms with E-state index in [9.17, 15) is 4.39 Å². The van der Waals surface area contributed by atoms with Gasteiger partial charge in [-0.05, 0) is 30.2 Å². The molecule has 0 saturated carbocycles. The summed E-state index contributed by atoms with van der Waals surface area (Å²) in [6.07, 6.45) is 4.01. The first-order valence-corrected chi connectivity index (χ1v) is 8.10. The van der Waals surface area contributed by atoms with Crippen LogP contribution in [-0.2, 0) is 6.42 Å². The van der Waals surface area contributed by atoms with Crippen molar-refractivity contribution in [1.29, 1.82) is 0 Å². The molecule has 25 heavy (non-hydrogen) atoms. The summed E-state index contributed by atoms with van der Waals surface area (Å²) in [5, 5.41) is 5.50. The maximum absolute atomic E-state index is 13.6. The van der Waals surface area contributed by atoms with E-state index in [4.69, 9.17) is 17.3 Å². The Morgan fingerprint density at radius 3 is 2.84 bits per heavy atom. The number of aliphatic imine (C=N–C) groups is 1. The molecule has 2 aromatic carbocycles. The monoisotopic (exact) mass is 357 g/mol. The highest BCUT2D eigenvalue weighted by Crippen LogP contribution is 2.19. The fourth-order valence-corrected chi connectivity index (χ4v) is 2.53. The average Bonchev–Trinajstić information content (AvgIpc) is 3.01. The highest BCUT2D eigenvalue weighted by atomic mass is 35.5. The highest BCUT2D eigenvalue weighted by Gasteiger charge is 2.05. The maximum Gasteiger partial charge on any atom is 0.209 e. The lowest BCUT2D eigenvalue weighted by molar-refractivity contribution is 0.637. The van der Waals surface area contributed by atoms with Crippen molar-refractivity contribution in [3.05, 3.63) is 70.6 Å². The number of hydrogen-bond acceptors (Lipinski definition) is 2. The molecule has 0 aliphatic rings. The summed E-state index contributed by atoms with van der Waals surface area (Å²) < 4.78 is 13.6. The van der Waals surface area contributed by atoms with Gasteiger partial charge in [0.25, 0.3) is 0 Å². The SMILES string of the molecule is NC(=NCCc1ccc(Cl)cc1)N/N=C/c1c[nH]c2c(F)cccc12. The summed E-state index contributed by atoms with van der Waals surface area (Å²) in [7, 11) is 0. The number of hydrazone groups is 1. The molecular formula is C18H17ClFN5. The molecule has 3 rings (SSSR count). The molecule has 0 aliphatic carbocycles. The van der Waals surface area contributed by atoms with E-state index in [1.807, 2.05) is 30.3 Å². The van der Waals surface area contributed by atoms with Crippen LogP contribution in [-0.4, -0.2) is 23.7 Å². The lowest BCUT2D eigenvalue weighted by Gasteiger charge is -2.01. The van der Waals surface area contributed by atoms with Crippen molar-refractivity contribution in [3.8, 4) is 0 Å². The third-order valence-electron chi connectivity index (χ3n) is 3.68. The van der Waals surface area contributed by atoms with Gasteiger partial charge in [-0.25, -0.2) is 9.82 Å². The van der Waals surface area contributed by atoms with Crippen LogP contribution in [0.4, 0.5) is 4.39 Å². The number of nitrogens with one attached hydrogen (secondary N) is 2. The molecule has 1 heterocycles. The molecule has 0 fully saturated rings. The summed E-state index contributed by atoms with van der Waals surface area (Å²) >= 11 is 5.84. The number of rotatable bonds is 5. The fourth-order valence-electron chi connectivity index (χ4n) is 2.41. The lowest BCUT2D eigenvalue weighted by Crippen LogP contribution is -2.27. The van der Waals surface area contributed by atoms with Gasteiger partial charge >= 0.3 is 0 Å². The van der Waals surface area contributed by atoms with Crippen LogP contribution < -0.4 is 11.2 Å². The van der Waals surface area contributed by atoms with Crippen LogP contribution in [0.1, 0.15) is 11.1 Å². The van der Waals surface area contributed by atoms with Crippen molar-refractivity contribution >= 4 is 34.7 Å². The molecule has 7 heteroatoms. The number of benzene rings is 2. The van der Waals surface area contributed by atoms with E-state index in [0.717, 1.165) is 22.9 Å². The van der Waals surface area contributed by atoms with Gasteiger partial charge in [0.05, 0.1) is 11.7 Å². The highest BCUT2D eigenvalue weighted by molar-refractivity contribution is 6.30. The zero-order valence-corrected chi connectivity index (χ0v) is 14.1. The van der Waals surface area contributed by atoms with Crippen LogP contribution in [0, 0.1) is 5.82 Å². The van der Waals surface area contributed by atoms with Crippen LogP contribution in [0.25, 0.3) is 10.9 Å². The lowest BCUT2D eigenvalue weighted by atomic mass is 10.1. The summed E-state index contributed by atoms with van der Waals surface area (Å²) in [5.74, 6) is -0.0791. The van der Waals surface area contributed by atoms with Crippen molar-refractivity contribution < 1.29 is 4.39 Å². The number of para-hydroxylation sites is 1. The van der Waals surface area contributed by atoms with Gasteiger partial charge in [0.15, 0.2) is 0 Å². The van der Waals surface area contributed by atoms with Crippen molar-refractivity contribution in [2.24, 2.45) is 15.8 Å². The molecule has 0 saturated heterocycles. The van der Waals surface area contributed by atoms with Crippen LogP contribution in [0.3, 0.4) is 0 Å². The summed E-state index contributed by atoms with van der Waals surface area (Å²) in [6.45, 7) is 0.536. The van der Waals surface area contributed by atoms with E-state index in [2.05, 4.69) is 20.5 Å². The van der Waals surface area contributed by atoms with E-state index < -0.39 is 0 Å². The number of hydrogen-bond donors (Lipinski definition) is 3. The molecule has 0 atom stereocenters. The van der Waals surface area contributed by atoms with Crippen LogP contribution in [0.15, 0.2) is 58.8 Å². The standard InChI is InChI=1S/C18H17ClFN5/c19-14-6-4-12(5-7-14)8-9-22-18(21)25-24-11-13-10-23-17-15(13)2-1-3-16(17)20/h1-7,10-11,23H,8-9H2,(H3,21,22,25)/b24-11+. The maximum atomic E-state index is 13.6. The number of nitrogens with two attached hydrogens (primary N) is 1. The average molecular weight is 358 g/mol. The van der Waals surface area contributed by atoms with Crippen LogP contribution in [0.2, 0.25) is 5.02 Å². The number of fused-ring (bicyclic) bond motifs is 1. The third kappa shape index (κ3) is 4.36. The molecule has 0 radical (unpaired) electrons. The zero-order valence-electron chi connectivity index (χ0n) is 13.3. The Morgan fingerprint density at radius 1 is 1.24 bits per heavy atom. The second kappa shape index (κ2) is 7.81. The van der Waals surface area contributed by atoms with Crippen LogP contribution in [0.5, 0.6) is 0 Å². The zero-order chi connectivity index (χ0) is 17.6. The predicted molar refractivity (Wildman–Crippen MR) is 101 cm³/mol. The smallest absolute Gasteiger partial charge is 0.209 e. The Morgan fingerprint density at radius 2 is 2.04 bits per heavy atom. The Balaban J connectivity index is 1.55. The van der Waals surface area contributed by atoms with E-state index >= 15 is 0 Å². The van der Waals surface area contributed by atoms with Gasteiger partial charge in [-0.3, -0.25) is 4.99 Å². The molecular weight excluding hydrogens is 341 g/mol. The topological polar surface area (TPSA) is 78.6 Å². The Bertz CT molecular complexity index is 915. The Kier molecular flexibility index (Phi) is 5.30. The predicted octanol–water partition coefficient (Wildman–Crippen LogP) is 3.44. The number of halogens is 2. The van der Waals surface area contributed by atoms with Gasteiger partial charge < -0.3 is 10.7 Å². The molecule has 4 N–H and O–H groups in total. The van der Waals surface area contributed by atoms with E-state index in [1.54, 1.807) is 18.5 Å². The van der Waals surface area contributed by atoms with Crippen molar-refractivity contribution in [2.75, 3.05) is 6.54 Å². The van der Waals surface area contributed by atoms with Gasteiger partial charge in [0.1, 0.15) is 5.82 Å². The first-order chi connectivity index (χ1) is 12.1. The van der Waals surface area contributed by atoms with Crippen molar-refractivity contribution in [1.82, 2.24) is 10.4 Å². The van der Waals surface area contributed by atoms with Crippen LogP contribution >= 0.6 is 11.6 Å². The first kappa shape index (κ1) is 17.0. The summed E-state index contributed by atoms with van der Waals surface area (Å²) in [6, 6.07) is 12.5. The number of guanidine groups is 1. The van der Waals surface area contributed by atoms with E-state index in [-0.39, 0.29) is 11.8 Å². The van der Waals surface area contributed by atoms with Gasteiger partial charge in [-0.15, -0.1) is 0 Å². The number of aromatic nitrogens is 1. The quantitative estimate of drug-likeness (QED) is 0.371. The number of aromatic amines is 1. The first-order valence-electron chi connectivity index (χ1n) is 7.72. The van der Waals surface area contributed by atoms with Crippen molar-refractivity contribution in [3.63, 3.8) is 0 Å².